The van der Waals surface area contributed by atoms with Gasteiger partial charge in [0.15, 0.2) is 0 Å². The Morgan fingerprint density at radius 2 is 2.00 bits per heavy atom. The molecule has 4 heteroatoms. The highest BCUT2D eigenvalue weighted by molar-refractivity contribution is 5.75. The average Bonchev–Trinajstić information content (AvgIpc) is 2.15. The number of unbranched alkanes of at least 4 members (excludes halogenated alkanes) is 1. The molecule has 0 aliphatic rings. The fourth-order valence-corrected chi connectivity index (χ4v) is 1.31. The normalized spacial score (nSPS) is 12.4. The highest BCUT2D eigenvalue weighted by Gasteiger charge is 2.13. The van der Waals surface area contributed by atoms with E-state index < -0.39 is 5.97 Å². The quantitative estimate of drug-likeness (QED) is 0.571. The number of hydrogen-bond acceptors (Lipinski definition) is 3. The third kappa shape index (κ3) is 8.12. The van der Waals surface area contributed by atoms with Crippen LogP contribution in [0.5, 0.6) is 0 Å². The molecule has 0 fully saturated rings. The molecule has 0 aromatic carbocycles. The number of rotatable bonds is 9. The van der Waals surface area contributed by atoms with E-state index in [0.29, 0.717) is 19.4 Å². The average molecular weight is 215 g/mol. The molecule has 15 heavy (non-hydrogen) atoms. The summed E-state index contributed by atoms with van der Waals surface area (Å²) in [6, 6.07) is 0. The van der Waals surface area contributed by atoms with Crippen molar-refractivity contribution in [3.05, 3.63) is 0 Å². The van der Waals surface area contributed by atoms with Gasteiger partial charge in [0, 0.05) is 13.0 Å². The Labute approximate surface area is 91.1 Å². The summed E-state index contributed by atoms with van der Waals surface area (Å²) in [7, 11) is 0. The lowest BCUT2D eigenvalue weighted by molar-refractivity contribution is -0.141. The SMILES string of the molecule is CCC(CNCCCCC(C)=O)C(=O)O. The van der Waals surface area contributed by atoms with Crippen LogP contribution in [0.1, 0.15) is 39.5 Å². The lowest BCUT2D eigenvalue weighted by Crippen LogP contribution is -2.28. The molecule has 0 radical (unpaired) electrons. The fraction of sp³-hybridized carbons (Fsp3) is 0.818. The van der Waals surface area contributed by atoms with Crippen LogP contribution in [0, 0.1) is 5.92 Å². The molecule has 0 aliphatic heterocycles. The Balaban J connectivity index is 3.37. The van der Waals surface area contributed by atoms with Gasteiger partial charge in [-0.25, -0.2) is 0 Å². The van der Waals surface area contributed by atoms with Crippen LogP contribution in [0.2, 0.25) is 0 Å². The van der Waals surface area contributed by atoms with Gasteiger partial charge in [0.1, 0.15) is 5.78 Å². The summed E-state index contributed by atoms with van der Waals surface area (Å²) in [5.74, 6) is -0.821. The van der Waals surface area contributed by atoms with Gasteiger partial charge in [-0.05, 0) is 32.7 Å². The Hall–Kier alpha value is -0.900. The number of aliphatic carboxylic acids is 1. The third-order valence-electron chi connectivity index (χ3n) is 2.37. The van der Waals surface area contributed by atoms with Crippen molar-refractivity contribution < 1.29 is 14.7 Å². The van der Waals surface area contributed by atoms with Crippen molar-refractivity contribution in [2.75, 3.05) is 13.1 Å². The molecule has 0 heterocycles. The van der Waals surface area contributed by atoms with E-state index in [4.69, 9.17) is 5.11 Å². The molecular weight excluding hydrogens is 194 g/mol. The first kappa shape index (κ1) is 14.1. The molecule has 1 atom stereocenters. The summed E-state index contributed by atoms with van der Waals surface area (Å²) in [6.07, 6.45) is 3.08. The predicted octanol–water partition coefficient (Wildman–Crippen LogP) is 1.45. The molecule has 0 bridgehead atoms. The summed E-state index contributed by atoms with van der Waals surface area (Å²) in [5, 5.41) is 11.9. The third-order valence-corrected chi connectivity index (χ3v) is 2.37. The van der Waals surface area contributed by atoms with Crippen LogP contribution in [0.4, 0.5) is 0 Å². The number of carboxylic acids is 1. The Morgan fingerprint density at radius 3 is 2.47 bits per heavy atom. The van der Waals surface area contributed by atoms with Crippen molar-refractivity contribution in [3.63, 3.8) is 0 Å². The monoisotopic (exact) mass is 215 g/mol. The molecule has 0 aromatic heterocycles. The van der Waals surface area contributed by atoms with Crippen LogP contribution in [0.3, 0.4) is 0 Å². The molecule has 0 rings (SSSR count). The highest BCUT2D eigenvalue weighted by atomic mass is 16.4. The number of nitrogens with one attached hydrogen (secondary N) is 1. The topological polar surface area (TPSA) is 66.4 Å². The Kier molecular flexibility index (Phi) is 7.91. The summed E-state index contributed by atoms with van der Waals surface area (Å²) in [6.45, 7) is 4.77. The number of Topliss-reactive ketones (excluding diaryl/α,β-unsaturated/α-hetero) is 1. The van der Waals surface area contributed by atoms with E-state index in [1.165, 1.54) is 0 Å². The Bertz CT molecular complexity index is 204. The summed E-state index contributed by atoms with van der Waals surface area (Å²) < 4.78 is 0. The molecule has 0 saturated heterocycles. The zero-order chi connectivity index (χ0) is 11.7. The number of carboxylic acid groups (broad SMARTS) is 1. The molecule has 0 amide bonds. The molecule has 4 nitrogen and oxygen atoms in total. The van der Waals surface area contributed by atoms with Gasteiger partial charge in [0.05, 0.1) is 5.92 Å². The molecule has 0 saturated carbocycles. The van der Waals surface area contributed by atoms with E-state index in [1.54, 1.807) is 6.92 Å². The van der Waals surface area contributed by atoms with Crippen molar-refractivity contribution in [1.29, 1.82) is 0 Å². The minimum absolute atomic E-state index is 0.215. The van der Waals surface area contributed by atoms with Crippen LogP contribution in [0.15, 0.2) is 0 Å². The number of ketones is 1. The summed E-state index contributed by atoms with van der Waals surface area (Å²) in [4.78, 5) is 21.3. The first-order valence-corrected chi connectivity index (χ1v) is 5.50. The predicted molar refractivity (Wildman–Crippen MR) is 58.8 cm³/mol. The second kappa shape index (κ2) is 8.41. The van der Waals surface area contributed by atoms with E-state index in [9.17, 15) is 9.59 Å². The zero-order valence-electron chi connectivity index (χ0n) is 9.58. The minimum atomic E-state index is -0.742. The largest absolute Gasteiger partial charge is 0.481 e. The lowest BCUT2D eigenvalue weighted by atomic mass is 10.1. The second-order valence-corrected chi connectivity index (χ2v) is 3.81. The molecular formula is C11H21NO3. The molecule has 0 aliphatic carbocycles. The van der Waals surface area contributed by atoms with Crippen LogP contribution >= 0.6 is 0 Å². The van der Waals surface area contributed by atoms with Crippen molar-refractivity contribution in [3.8, 4) is 0 Å². The summed E-state index contributed by atoms with van der Waals surface area (Å²) >= 11 is 0. The van der Waals surface area contributed by atoms with Gasteiger partial charge < -0.3 is 15.2 Å². The van der Waals surface area contributed by atoms with Crippen LogP contribution in [-0.2, 0) is 9.59 Å². The first-order chi connectivity index (χ1) is 7.07. The second-order valence-electron chi connectivity index (χ2n) is 3.81. The van der Waals surface area contributed by atoms with Gasteiger partial charge in [-0.1, -0.05) is 6.92 Å². The number of carbonyl (C=O) groups excluding carboxylic acids is 1. The van der Waals surface area contributed by atoms with Crippen LogP contribution in [-0.4, -0.2) is 29.9 Å². The zero-order valence-corrected chi connectivity index (χ0v) is 9.58. The van der Waals surface area contributed by atoms with Crippen molar-refractivity contribution in [2.24, 2.45) is 5.92 Å². The van der Waals surface area contributed by atoms with Crippen LogP contribution < -0.4 is 5.32 Å². The van der Waals surface area contributed by atoms with Gasteiger partial charge >= 0.3 is 5.97 Å². The molecule has 2 N–H and O–H groups in total. The first-order valence-electron chi connectivity index (χ1n) is 5.50. The number of hydrogen-bond donors (Lipinski definition) is 2. The fourth-order valence-electron chi connectivity index (χ4n) is 1.31. The maximum atomic E-state index is 10.7. The van der Waals surface area contributed by atoms with Crippen molar-refractivity contribution in [2.45, 2.75) is 39.5 Å². The van der Waals surface area contributed by atoms with E-state index in [-0.39, 0.29) is 11.7 Å². The minimum Gasteiger partial charge on any atom is -0.481 e. The smallest absolute Gasteiger partial charge is 0.307 e. The maximum absolute atomic E-state index is 10.7. The summed E-state index contributed by atoms with van der Waals surface area (Å²) in [5.41, 5.74) is 0. The van der Waals surface area contributed by atoms with E-state index in [1.807, 2.05) is 6.92 Å². The Morgan fingerprint density at radius 1 is 1.33 bits per heavy atom. The number of carbonyl (C=O) groups is 2. The van der Waals surface area contributed by atoms with Crippen molar-refractivity contribution in [1.82, 2.24) is 5.32 Å². The van der Waals surface area contributed by atoms with Crippen LogP contribution in [0.25, 0.3) is 0 Å². The molecule has 0 spiro atoms. The maximum Gasteiger partial charge on any atom is 0.307 e. The van der Waals surface area contributed by atoms with E-state index in [2.05, 4.69) is 5.32 Å². The standard InChI is InChI=1S/C11H21NO3/c1-3-10(11(14)15)8-12-7-5-4-6-9(2)13/h10,12H,3-8H2,1-2H3,(H,14,15). The molecule has 0 aromatic rings. The van der Waals surface area contributed by atoms with Gasteiger partial charge in [0.2, 0.25) is 0 Å². The van der Waals surface area contributed by atoms with Gasteiger partial charge in [-0.15, -0.1) is 0 Å². The van der Waals surface area contributed by atoms with E-state index >= 15 is 0 Å². The van der Waals surface area contributed by atoms with E-state index in [0.717, 1.165) is 19.4 Å². The van der Waals surface area contributed by atoms with Gasteiger partial charge in [0.25, 0.3) is 0 Å². The van der Waals surface area contributed by atoms with Gasteiger partial charge in [-0.3, -0.25) is 4.79 Å². The van der Waals surface area contributed by atoms with Crippen molar-refractivity contribution >= 4 is 11.8 Å². The lowest BCUT2D eigenvalue weighted by Gasteiger charge is -2.10. The molecule has 88 valence electrons. The molecule has 1 unspecified atom stereocenters. The highest BCUT2D eigenvalue weighted by Crippen LogP contribution is 2.01. The van der Waals surface area contributed by atoms with Gasteiger partial charge in [-0.2, -0.15) is 0 Å².